The Hall–Kier alpha value is -6.33. The molecule has 4 aliphatic rings. The van der Waals surface area contributed by atoms with Crippen LogP contribution in [0, 0.1) is 21.4 Å². The predicted octanol–water partition coefficient (Wildman–Crippen LogP) is 10.7. The lowest BCUT2D eigenvalue weighted by Crippen LogP contribution is -2.60. The molecule has 10 rings (SSSR count). The van der Waals surface area contributed by atoms with Crippen molar-refractivity contribution >= 4 is 44.0 Å². The van der Waals surface area contributed by atoms with Crippen molar-refractivity contribution in [2.75, 3.05) is 49.5 Å². The lowest BCUT2D eigenvalue weighted by molar-refractivity contribution is -0.384. The summed E-state index contributed by atoms with van der Waals surface area (Å²) in [6.07, 6.45) is 11.5. The molecule has 2 aliphatic carbocycles. The molecule has 390 valence electrons. The zero-order valence-corrected chi connectivity index (χ0v) is 43.9. The van der Waals surface area contributed by atoms with Crippen LogP contribution >= 0.6 is 0 Å². The number of nitro groups is 1. The van der Waals surface area contributed by atoms with Crippen molar-refractivity contribution in [2.45, 2.75) is 121 Å². The molecule has 2 aliphatic heterocycles. The molecule has 0 bridgehead atoms. The summed E-state index contributed by atoms with van der Waals surface area (Å²) in [5.74, 6) is 0.199. The Bertz CT molecular complexity index is 3100. The van der Waals surface area contributed by atoms with Gasteiger partial charge in [0.15, 0.2) is 0 Å². The third kappa shape index (κ3) is 11.2. The van der Waals surface area contributed by atoms with Gasteiger partial charge in [0.1, 0.15) is 22.8 Å². The Kier molecular flexibility index (Phi) is 14.6. The van der Waals surface area contributed by atoms with Crippen LogP contribution in [0.1, 0.15) is 124 Å². The molecule has 6 aromatic rings. The topological polar surface area (TPSA) is 186 Å². The van der Waals surface area contributed by atoms with E-state index in [1.165, 1.54) is 34.4 Å². The van der Waals surface area contributed by atoms with E-state index in [0.717, 1.165) is 101 Å². The number of pyridine rings is 1. The van der Waals surface area contributed by atoms with Crippen molar-refractivity contribution in [1.82, 2.24) is 24.5 Å². The van der Waals surface area contributed by atoms with Crippen LogP contribution in [-0.4, -0.2) is 95.0 Å². The maximum Gasteiger partial charge on any atom is 0.293 e. The highest BCUT2D eigenvalue weighted by molar-refractivity contribution is 7.90. The summed E-state index contributed by atoms with van der Waals surface area (Å²) in [5, 5.41) is 26.5. The molecule has 4 N–H and O–H groups in total. The molecule has 4 aromatic carbocycles. The van der Waals surface area contributed by atoms with E-state index < -0.39 is 37.0 Å². The van der Waals surface area contributed by atoms with Crippen LogP contribution in [0.5, 0.6) is 11.5 Å². The van der Waals surface area contributed by atoms with Gasteiger partial charge in [0, 0.05) is 87.3 Å². The van der Waals surface area contributed by atoms with Gasteiger partial charge in [0.05, 0.1) is 27.2 Å². The molecular weight excluding hydrogens is 953 g/mol. The molecule has 1 unspecified atom stereocenters. The van der Waals surface area contributed by atoms with Crippen LogP contribution in [0.25, 0.3) is 11.0 Å². The number of nitro benzene ring substituents is 1. The molecular formula is C58H70N8O7S. The number of hydrogen-bond donors (Lipinski definition) is 4. The number of hydrogen-bond acceptors (Lipinski definition) is 12. The fraction of sp³-hybridized carbons (Fsp3) is 0.448. The SMILES string of the molecule is CCc1ccc(CN2CCN(C3CC4(CCN(c5ccc(C(=O)NS(=O)(=O)c6ccc(NC[C@H]7CC[C@](C)(O)CC7)c([N+](=O)[O-])c6)c(Oc6cnc7[nH]ccc7c6)c5)CC4)C3)C(c3ccccc3C(C)C)C2)cc1. The van der Waals surface area contributed by atoms with Gasteiger partial charge in [0.2, 0.25) is 0 Å². The van der Waals surface area contributed by atoms with E-state index in [1.807, 2.05) is 19.1 Å². The second-order valence-corrected chi connectivity index (χ2v) is 23.7. The number of amides is 1. The molecule has 2 saturated heterocycles. The summed E-state index contributed by atoms with van der Waals surface area (Å²) >= 11 is 0. The van der Waals surface area contributed by atoms with Gasteiger partial charge in [-0.1, -0.05) is 69.3 Å². The number of sulfonamides is 1. The van der Waals surface area contributed by atoms with Gasteiger partial charge in [-0.2, -0.15) is 0 Å². The number of carbonyl (C=O) groups is 1. The van der Waals surface area contributed by atoms with Gasteiger partial charge in [-0.15, -0.1) is 0 Å². The number of nitrogens with zero attached hydrogens (tertiary/aromatic N) is 5. The molecule has 1 amide bonds. The van der Waals surface area contributed by atoms with Crippen LogP contribution < -0.4 is 19.7 Å². The number of benzene rings is 4. The highest BCUT2D eigenvalue weighted by Crippen LogP contribution is 2.53. The van der Waals surface area contributed by atoms with E-state index in [4.69, 9.17) is 4.74 Å². The lowest BCUT2D eigenvalue weighted by atomic mass is 9.59. The number of piperidine rings is 1. The van der Waals surface area contributed by atoms with E-state index >= 15 is 0 Å². The number of aromatic nitrogens is 2. The number of H-pyrrole nitrogens is 1. The van der Waals surface area contributed by atoms with Crippen LogP contribution in [0.4, 0.5) is 17.1 Å². The van der Waals surface area contributed by atoms with E-state index in [9.17, 15) is 28.4 Å². The van der Waals surface area contributed by atoms with Gasteiger partial charge in [-0.3, -0.25) is 24.7 Å². The first kappa shape index (κ1) is 51.2. The molecule has 1 spiro atoms. The summed E-state index contributed by atoms with van der Waals surface area (Å²) in [6, 6.07) is 31.4. The summed E-state index contributed by atoms with van der Waals surface area (Å²) in [6.45, 7) is 14.7. The minimum atomic E-state index is -4.58. The number of piperazine rings is 1. The van der Waals surface area contributed by atoms with Crippen molar-refractivity contribution in [3.05, 3.63) is 147 Å². The van der Waals surface area contributed by atoms with Crippen molar-refractivity contribution in [3.63, 3.8) is 0 Å². The summed E-state index contributed by atoms with van der Waals surface area (Å²) in [4.78, 5) is 40.6. The highest BCUT2D eigenvalue weighted by atomic mass is 32.2. The maximum absolute atomic E-state index is 14.1. The zero-order valence-electron chi connectivity index (χ0n) is 43.1. The number of aryl methyl sites for hydroxylation is 1. The Morgan fingerprint density at radius 3 is 2.41 bits per heavy atom. The number of carbonyl (C=O) groups excluding carboxylic acids is 1. The van der Waals surface area contributed by atoms with Gasteiger partial charge in [-0.05, 0) is 141 Å². The lowest BCUT2D eigenvalue weighted by Gasteiger charge is -2.58. The first-order valence-corrected chi connectivity index (χ1v) is 28.0. The Labute approximate surface area is 434 Å². The summed E-state index contributed by atoms with van der Waals surface area (Å²) < 4.78 is 36.3. The number of rotatable bonds is 16. The van der Waals surface area contributed by atoms with E-state index in [2.05, 4.69) is 104 Å². The molecule has 16 heteroatoms. The van der Waals surface area contributed by atoms with Crippen molar-refractivity contribution < 1.29 is 28.0 Å². The Morgan fingerprint density at radius 2 is 1.68 bits per heavy atom. The van der Waals surface area contributed by atoms with Crippen LogP contribution in [-0.2, 0) is 23.0 Å². The maximum atomic E-state index is 14.1. The number of aromatic amines is 1. The Morgan fingerprint density at radius 1 is 0.932 bits per heavy atom. The fourth-order valence-electron chi connectivity index (χ4n) is 12.1. The summed E-state index contributed by atoms with van der Waals surface area (Å²) in [7, 11) is -4.58. The number of aliphatic hydroxyl groups is 1. The minimum absolute atomic E-state index is 0.0239. The van der Waals surface area contributed by atoms with Crippen LogP contribution in [0.2, 0.25) is 0 Å². The van der Waals surface area contributed by atoms with E-state index in [0.29, 0.717) is 48.8 Å². The highest BCUT2D eigenvalue weighted by Gasteiger charge is 2.50. The number of nitrogens with one attached hydrogen (secondary N) is 3. The first-order chi connectivity index (χ1) is 35.5. The third-order valence-electron chi connectivity index (χ3n) is 16.6. The fourth-order valence-corrected chi connectivity index (χ4v) is 13.1. The van der Waals surface area contributed by atoms with Gasteiger partial charge < -0.3 is 25.0 Å². The quantitative estimate of drug-likeness (QED) is 0.0532. The van der Waals surface area contributed by atoms with Gasteiger partial charge in [0.25, 0.3) is 21.6 Å². The van der Waals surface area contributed by atoms with Crippen molar-refractivity contribution in [2.24, 2.45) is 11.3 Å². The average molecular weight is 1020 g/mol. The van der Waals surface area contributed by atoms with Gasteiger partial charge in [-0.25, -0.2) is 18.1 Å². The minimum Gasteiger partial charge on any atom is -0.455 e. The van der Waals surface area contributed by atoms with Crippen molar-refractivity contribution in [1.29, 1.82) is 0 Å². The normalized spacial score (nSPS) is 21.7. The molecule has 0 radical (unpaired) electrons. The third-order valence-corrected chi connectivity index (χ3v) is 17.9. The largest absolute Gasteiger partial charge is 0.455 e. The Balaban J connectivity index is 0.830. The predicted molar refractivity (Wildman–Crippen MR) is 289 cm³/mol. The van der Waals surface area contributed by atoms with E-state index in [1.54, 1.807) is 30.6 Å². The number of anilines is 2. The standard InChI is InChI=1S/C58H70N8O7S/c1-5-40-10-12-42(13-11-40)37-63-28-29-65(53(38-63)49-9-7-6-8-48(49)39(2)3)45-33-58(34-45)23-26-64(27-24-58)44-14-16-50(54(31-44)73-46-30-43-20-25-59-55(43)61-36-46)56(67)62-74(71,72)47-15-17-51(52(32-47)66(69)70)60-35-41-18-21-57(4,68)22-19-41/h6-17,20,25,30-32,36,39,41,45,53,60,68H,5,18-19,21-24,26-29,33-35,37-38H2,1-4H3,(H,59,61)(H,62,67)/t41-,53?,57-. The molecule has 2 aromatic heterocycles. The number of ether oxygens (including phenoxy) is 1. The first-order valence-electron chi connectivity index (χ1n) is 26.5. The second kappa shape index (κ2) is 21.1. The second-order valence-electron chi connectivity index (χ2n) is 22.1. The average Bonchev–Trinajstić information content (AvgIpc) is 3.86. The smallest absolute Gasteiger partial charge is 0.293 e. The molecule has 4 heterocycles. The molecule has 74 heavy (non-hydrogen) atoms. The van der Waals surface area contributed by atoms with Gasteiger partial charge >= 0.3 is 0 Å². The zero-order chi connectivity index (χ0) is 51.8. The number of fused-ring (bicyclic) bond motifs is 1. The summed E-state index contributed by atoms with van der Waals surface area (Å²) in [5.41, 5.74) is 6.39. The van der Waals surface area contributed by atoms with Crippen LogP contribution in [0.15, 0.2) is 114 Å². The molecule has 15 nitrogen and oxygen atoms in total. The van der Waals surface area contributed by atoms with Crippen LogP contribution in [0.3, 0.4) is 0 Å². The van der Waals surface area contributed by atoms with E-state index in [-0.39, 0.29) is 28.3 Å². The molecule has 1 atom stereocenters. The van der Waals surface area contributed by atoms with Crippen molar-refractivity contribution in [3.8, 4) is 11.5 Å². The monoisotopic (exact) mass is 1020 g/mol. The molecule has 4 fully saturated rings. The molecule has 2 saturated carbocycles.